The molecule has 0 amide bonds. The minimum absolute atomic E-state index is 0.255. The summed E-state index contributed by atoms with van der Waals surface area (Å²) in [6.45, 7) is 0. The first-order chi connectivity index (χ1) is 10.2. The zero-order valence-corrected chi connectivity index (χ0v) is 11.1. The zero-order chi connectivity index (χ0) is 14.7. The molecule has 0 radical (unpaired) electrons. The van der Waals surface area contributed by atoms with Gasteiger partial charge in [0.2, 0.25) is 0 Å². The molecule has 102 valence electrons. The molecule has 0 fully saturated rings. The lowest BCUT2D eigenvalue weighted by Crippen LogP contribution is -1.94. The van der Waals surface area contributed by atoms with E-state index in [2.05, 4.69) is 9.98 Å². The van der Waals surface area contributed by atoms with Crippen LogP contribution in [0.3, 0.4) is 0 Å². The fourth-order valence-corrected chi connectivity index (χ4v) is 2.01. The largest absolute Gasteiger partial charge is 0.478 e. The third kappa shape index (κ3) is 2.95. The molecule has 0 bridgehead atoms. The minimum atomic E-state index is -0.937. The van der Waals surface area contributed by atoms with Gasteiger partial charge in [0.15, 0.2) is 0 Å². The SMILES string of the molecule is O=C(O)c1ccc(N=Cc2ccc3ncccc3c2)cc1. The number of rotatable bonds is 3. The average molecular weight is 276 g/mol. The Labute approximate surface area is 121 Å². The van der Waals surface area contributed by atoms with Gasteiger partial charge in [-0.3, -0.25) is 9.98 Å². The summed E-state index contributed by atoms with van der Waals surface area (Å²) >= 11 is 0. The third-order valence-corrected chi connectivity index (χ3v) is 3.10. The molecule has 4 heteroatoms. The summed E-state index contributed by atoms with van der Waals surface area (Å²) in [6, 6.07) is 16.3. The van der Waals surface area contributed by atoms with Gasteiger partial charge in [0.1, 0.15) is 0 Å². The van der Waals surface area contributed by atoms with Gasteiger partial charge in [0.25, 0.3) is 0 Å². The van der Waals surface area contributed by atoms with Gasteiger partial charge < -0.3 is 5.11 Å². The van der Waals surface area contributed by atoms with Crippen molar-refractivity contribution in [1.82, 2.24) is 4.98 Å². The third-order valence-electron chi connectivity index (χ3n) is 3.10. The van der Waals surface area contributed by atoms with E-state index >= 15 is 0 Å². The summed E-state index contributed by atoms with van der Waals surface area (Å²) in [6.07, 6.45) is 3.52. The summed E-state index contributed by atoms with van der Waals surface area (Å²) < 4.78 is 0. The molecule has 3 rings (SSSR count). The molecule has 2 aromatic carbocycles. The molecule has 1 aromatic heterocycles. The van der Waals surface area contributed by atoms with Crippen molar-refractivity contribution in [3.63, 3.8) is 0 Å². The van der Waals surface area contributed by atoms with Gasteiger partial charge in [-0.2, -0.15) is 0 Å². The number of hydrogen-bond acceptors (Lipinski definition) is 3. The van der Waals surface area contributed by atoms with E-state index in [-0.39, 0.29) is 5.56 Å². The monoisotopic (exact) mass is 276 g/mol. The first-order valence-electron chi connectivity index (χ1n) is 6.44. The van der Waals surface area contributed by atoms with Gasteiger partial charge in [-0.25, -0.2) is 4.79 Å². The molecular formula is C17H12N2O2. The van der Waals surface area contributed by atoms with Crippen molar-refractivity contribution in [3.8, 4) is 0 Å². The van der Waals surface area contributed by atoms with Crippen LogP contribution in [-0.4, -0.2) is 22.3 Å². The molecular weight excluding hydrogens is 264 g/mol. The molecule has 0 saturated carbocycles. The van der Waals surface area contributed by atoms with E-state index in [4.69, 9.17) is 5.11 Å². The van der Waals surface area contributed by atoms with E-state index in [1.165, 1.54) is 0 Å². The van der Waals surface area contributed by atoms with Crippen molar-refractivity contribution in [2.45, 2.75) is 0 Å². The molecule has 0 atom stereocenters. The molecule has 1 heterocycles. The highest BCUT2D eigenvalue weighted by Crippen LogP contribution is 2.15. The van der Waals surface area contributed by atoms with Gasteiger partial charge >= 0.3 is 5.97 Å². The van der Waals surface area contributed by atoms with Crippen LogP contribution in [0.1, 0.15) is 15.9 Å². The first kappa shape index (κ1) is 13.0. The van der Waals surface area contributed by atoms with E-state index < -0.39 is 5.97 Å². The highest BCUT2D eigenvalue weighted by atomic mass is 16.4. The lowest BCUT2D eigenvalue weighted by Gasteiger charge is -1.99. The predicted molar refractivity (Wildman–Crippen MR) is 82.4 cm³/mol. The number of aliphatic imine (C=N–C) groups is 1. The lowest BCUT2D eigenvalue weighted by atomic mass is 10.1. The Morgan fingerprint density at radius 2 is 1.90 bits per heavy atom. The van der Waals surface area contributed by atoms with E-state index in [1.54, 1.807) is 36.7 Å². The van der Waals surface area contributed by atoms with Gasteiger partial charge in [-0.15, -0.1) is 0 Å². The maximum Gasteiger partial charge on any atom is 0.335 e. The van der Waals surface area contributed by atoms with Gasteiger partial charge in [0, 0.05) is 17.8 Å². The molecule has 0 aliphatic rings. The Kier molecular flexibility index (Phi) is 3.43. The summed E-state index contributed by atoms with van der Waals surface area (Å²) in [4.78, 5) is 19.4. The first-order valence-corrected chi connectivity index (χ1v) is 6.44. The highest BCUT2D eigenvalue weighted by molar-refractivity contribution is 5.90. The summed E-state index contributed by atoms with van der Waals surface area (Å²) in [5.74, 6) is -0.937. The summed E-state index contributed by atoms with van der Waals surface area (Å²) in [7, 11) is 0. The second-order valence-electron chi connectivity index (χ2n) is 4.57. The van der Waals surface area contributed by atoms with Crippen molar-refractivity contribution in [2.75, 3.05) is 0 Å². The van der Waals surface area contributed by atoms with Crippen LogP contribution in [-0.2, 0) is 0 Å². The minimum Gasteiger partial charge on any atom is -0.478 e. The molecule has 3 aromatic rings. The topological polar surface area (TPSA) is 62.5 Å². The van der Waals surface area contributed by atoms with Crippen LogP contribution in [0.25, 0.3) is 10.9 Å². The predicted octanol–water partition coefficient (Wildman–Crippen LogP) is 3.68. The lowest BCUT2D eigenvalue weighted by molar-refractivity contribution is 0.0697. The van der Waals surface area contributed by atoms with Crippen molar-refractivity contribution in [1.29, 1.82) is 0 Å². The molecule has 0 unspecified atom stereocenters. The quantitative estimate of drug-likeness (QED) is 0.742. The second kappa shape index (κ2) is 5.54. The molecule has 4 nitrogen and oxygen atoms in total. The molecule has 1 N–H and O–H groups in total. The van der Waals surface area contributed by atoms with Crippen LogP contribution in [0.2, 0.25) is 0 Å². The second-order valence-corrected chi connectivity index (χ2v) is 4.57. The van der Waals surface area contributed by atoms with Crippen molar-refractivity contribution < 1.29 is 9.90 Å². The standard InChI is InChI=1S/C17H12N2O2/c20-17(21)13-4-6-15(7-5-13)19-11-12-3-8-16-14(10-12)2-1-9-18-16/h1-11H,(H,20,21). The number of carboxylic acids is 1. The Bertz CT molecular complexity index is 824. The number of aromatic nitrogens is 1. The number of fused-ring (bicyclic) bond motifs is 1. The fourth-order valence-electron chi connectivity index (χ4n) is 2.01. The van der Waals surface area contributed by atoms with E-state index in [1.807, 2.05) is 30.3 Å². The van der Waals surface area contributed by atoms with E-state index in [0.717, 1.165) is 16.5 Å². The van der Waals surface area contributed by atoms with Crippen LogP contribution in [0.4, 0.5) is 5.69 Å². The van der Waals surface area contributed by atoms with Crippen molar-refractivity contribution in [2.24, 2.45) is 4.99 Å². The normalized spacial score (nSPS) is 11.0. The fraction of sp³-hybridized carbons (Fsp3) is 0. The van der Waals surface area contributed by atoms with E-state index in [0.29, 0.717) is 5.69 Å². The highest BCUT2D eigenvalue weighted by Gasteiger charge is 2.00. The molecule has 0 spiro atoms. The van der Waals surface area contributed by atoms with Crippen LogP contribution < -0.4 is 0 Å². The molecule has 0 saturated heterocycles. The van der Waals surface area contributed by atoms with Crippen molar-refractivity contribution in [3.05, 3.63) is 71.9 Å². The number of pyridine rings is 1. The summed E-state index contributed by atoms with van der Waals surface area (Å²) in [5.41, 5.74) is 2.88. The molecule has 0 aliphatic carbocycles. The number of carbonyl (C=O) groups is 1. The Morgan fingerprint density at radius 1 is 1.10 bits per heavy atom. The van der Waals surface area contributed by atoms with Gasteiger partial charge in [0.05, 0.1) is 16.8 Å². The number of hydrogen-bond donors (Lipinski definition) is 1. The number of aromatic carboxylic acids is 1. The Balaban J connectivity index is 1.85. The Hall–Kier alpha value is -3.01. The van der Waals surface area contributed by atoms with Crippen LogP contribution in [0.15, 0.2) is 65.8 Å². The van der Waals surface area contributed by atoms with Gasteiger partial charge in [-0.05, 0) is 48.0 Å². The smallest absolute Gasteiger partial charge is 0.335 e. The Morgan fingerprint density at radius 3 is 2.67 bits per heavy atom. The van der Waals surface area contributed by atoms with Crippen molar-refractivity contribution >= 4 is 28.8 Å². The zero-order valence-electron chi connectivity index (χ0n) is 11.1. The van der Waals surface area contributed by atoms with E-state index in [9.17, 15) is 4.79 Å². The van der Waals surface area contributed by atoms with Crippen LogP contribution in [0.5, 0.6) is 0 Å². The molecule has 21 heavy (non-hydrogen) atoms. The number of benzene rings is 2. The number of nitrogens with zero attached hydrogens (tertiary/aromatic N) is 2. The molecule has 0 aliphatic heterocycles. The number of carboxylic acid groups (broad SMARTS) is 1. The van der Waals surface area contributed by atoms with Crippen LogP contribution in [0, 0.1) is 0 Å². The maximum absolute atomic E-state index is 10.8. The summed E-state index contributed by atoms with van der Waals surface area (Å²) in [5, 5.41) is 9.90. The van der Waals surface area contributed by atoms with Gasteiger partial charge in [-0.1, -0.05) is 12.1 Å². The maximum atomic E-state index is 10.8. The van der Waals surface area contributed by atoms with Crippen LogP contribution >= 0.6 is 0 Å². The average Bonchev–Trinajstić information content (AvgIpc) is 2.53.